The summed E-state index contributed by atoms with van der Waals surface area (Å²) in [4.78, 5) is 19.8. The van der Waals surface area contributed by atoms with Gasteiger partial charge in [0.1, 0.15) is 30.8 Å². The van der Waals surface area contributed by atoms with Gasteiger partial charge in [0.2, 0.25) is 0 Å². The van der Waals surface area contributed by atoms with Crippen LogP contribution in [0, 0.1) is 10.1 Å². The first-order chi connectivity index (χ1) is 15.3. The van der Waals surface area contributed by atoms with Crippen molar-refractivity contribution in [3.8, 4) is 5.75 Å². The van der Waals surface area contributed by atoms with Gasteiger partial charge in [0.25, 0.3) is 5.09 Å². The molecule has 3 rings (SSSR count). The van der Waals surface area contributed by atoms with E-state index in [1.165, 1.54) is 19.4 Å². The van der Waals surface area contributed by atoms with Crippen LogP contribution in [0.3, 0.4) is 0 Å². The average Bonchev–Trinajstić information content (AvgIpc) is 3.25. The summed E-state index contributed by atoms with van der Waals surface area (Å²) in [5.41, 5.74) is 0.806. The fraction of sp³-hybridized carbons (Fsp3) is 0.190. The minimum atomic E-state index is -1.00. The van der Waals surface area contributed by atoms with Gasteiger partial charge in [-0.2, -0.15) is 0 Å². The van der Waals surface area contributed by atoms with Crippen LogP contribution in [0.1, 0.15) is 12.5 Å². The summed E-state index contributed by atoms with van der Waals surface area (Å²) in [5.74, 6) is 0.881. The molecule has 0 radical (unpaired) electrons. The summed E-state index contributed by atoms with van der Waals surface area (Å²) in [6, 6.07) is 11.8. The number of rotatable bonds is 10. The van der Waals surface area contributed by atoms with Crippen molar-refractivity contribution >= 4 is 46.3 Å². The van der Waals surface area contributed by atoms with E-state index in [0.29, 0.717) is 32.1 Å². The van der Waals surface area contributed by atoms with Gasteiger partial charge in [-0.25, -0.2) is 4.98 Å². The molecule has 168 valence electrons. The highest BCUT2D eigenvalue weighted by Crippen LogP contribution is 2.33. The van der Waals surface area contributed by atoms with E-state index in [0.717, 1.165) is 0 Å². The molecule has 1 unspecified atom stereocenters. The van der Waals surface area contributed by atoms with Crippen LogP contribution in [0.2, 0.25) is 15.1 Å². The van der Waals surface area contributed by atoms with E-state index in [9.17, 15) is 10.1 Å². The summed E-state index contributed by atoms with van der Waals surface area (Å²) in [7, 11) is 0. The fourth-order valence-corrected chi connectivity index (χ4v) is 3.51. The molecule has 0 N–H and O–H groups in total. The quantitative estimate of drug-likeness (QED) is 0.150. The third-order valence-corrected chi connectivity index (χ3v) is 5.03. The maximum absolute atomic E-state index is 11.0. The van der Waals surface area contributed by atoms with Gasteiger partial charge in [-0.15, -0.1) is 10.1 Å². The molecule has 0 aliphatic carbocycles. The summed E-state index contributed by atoms with van der Waals surface area (Å²) < 4.78 is 13.3. The highest BCUT2D eigenvalue weighted by molar-refractivity contribution is 6.35. The van der Waals surface area contributed by atoms with E-state index >= 15 is 0 Å². The Morgan fingerprint density at radius 3 is 2.47 bits per heavy atom. The standard InChI is InChI=1S/C21H18Cl3N3O5/c1-14(32-27(28)29)20(26-9-8-25-13-26)21(18-7-4-16(23)12-19(18)24)31-11-10-30-17-5-2-15(22)3-6-17/h2-9,12-14H,10-11H2,1H3/b21-20-. The van der Waals surface area contributed by atoms with Crippen LogP contribution in [-0.2, 0) is 9.57 Å². The number of nitrogens with zero attached hydrogens (tertiary/aromatic N) is 3. The second kappa shape index (κ2) is 11.1. The largest absolute Gasteiger partial charge is 0.490 e. The summed E-state index contributed by atoms with van der Waals surface area (Å²) in [6.45, 7) is 1.83. The predicted molar refractivity (Wildman–Crippen MR) is 122 cm³/mol. The van der Waals surface area contributed by atoms with E-state index in [1.54, 1.807) is 53.2 Å². The molecule has 1 atom stereocenters. The summed E-state index contributed by atoms with van der Waals surface area (Å²) in [6.07, 6.45) is 3.63. The molecule has 11 heteroatoms. The van der Waals surface area contributed by atoms with Crippen LogP contribution >= 0.6 is 34.8 Å². The average molecular weight is 499 g/mol. The van der Waals surface area contributed by atoms with Crippen molar-refractivity contribution < 1.29 is 19.4 Å². The maximum Gasteiger partial charge on any atom is 0.295 e. The molecule has 3 aromatic rings. The Hall–Kier alpha value is -2.94. The normalized spacial score (nSPS) is 12.6. The van der Waals surface area contributed by atoms with E-state index in [4.69, 9.17) is 49.1 Å². The summed E-state index contributed by atoms with van der Waals surface area (Å²) >= 11 is 18.3. The minimum Gasteiger partial charge on any atom is -0.490 e. The molecule has 0 saturated heterocycles. The third-order valence-electron chi connectivity index (χ3n) is 4.23. The molecule has 1 heterocycles. The number of hydrogen-bond acceptors (Lipinski definition) is 6. The van der Waals surface area contributed by atoms with Gasteiger partial charge in [-0.3, -0.25) is 0 Å². The highest BCUT2D eigenvalue weighted by Gasteiger charge is 2.24. The Morgan fingerprint density at radius 2 is 1.84 bits per heavy atom. The van der Waals surface area contributed by atoms with Crippen molar-refractivity contribution in [2.24, 2.45) is 0 Å². The first kappa shape index (κ1) is 23.7. The topological polar surface area (TPSA) is 88.7 Å². The predicted octanol–water partition coefficient (Wildman–Crippen LogP) is 5.86. The lowest BCUT2D eigenvalue weighted by atomic mass is 10.1. The molecule has 32 heavy (non-hydrogen) atoms. The Labute approximate surface area is 199 Å². The first-order valence-corrected chi connectivity index (χ1v) is 10.5. The van der Waals surface area contributed by atoms with E-state index in [2.05, 4.69) is 4.98 Å². The molecule has 2 aromatic carbocycles. The monoisotopic (exact) mass is 497 g/mol. The van der Waals surface area contributed by atoms with Crippen LogP contribution in [0.25, 0.3) is 11.5 Å². The van der Waals surface area contributed by atoms with Crippen molar-refractivity contribution in [2.75, 3.05) is 13.2 Å². The van der Waals surface area contributed by atoms with Crippen LogP contribution in [-0.4, -0.2) is 34.0 Å². The lowest BCUT2D eigenvalue weighted by Crippen LogP contribution is -2.21. The molecule has 0 saturated carbocycles. The first-order valence-electron chi connectivity index (χ1n) is 9.35. The molecule has 0 spiro atoms. The Kier molecular flexibility index (Phi) is 8.21. The number of imidazole rings is 1. The Morgan fingerprint density at radius 1 is 1.12 bits per heavy atom. The smallest absolute Gasteiger partial charge is 0.295 e. The van der Waals surface area contributed by atoms with E-state index in [-0.39, 0.29) is 19.0 Å². The highest BCUT2D eigenvalue weighted by atomic mass is 35.5. The number of halogens is 3. The van der Waals surface area contributed by atoms with Crippen molar-refractivity contribution in [2.45, 2.75) is 13.0 Å². The van der Waals surface area contributed by atoms with Gasteiger partial charge in [-0.1, -0.05) is 34.8 Å². The van der Waals surface area contributed by atoms with Crippen LogP contribution in [0.5, 0.6) is 5.75 Å². The second-order valence-electron chi connectivity index (χ2n) is 6.43. The van der Waals surface area contributed by atoms with Crippen molar-refractivity contribution in [1.82, 2.24) is 9.55 Å². The van der Waals surface area contributed by atoms with Crippen molar-refractivity contribution in [3.63, 3.8) is 0 Å². The number of ether oxygens (including phenoxy) is 2. The third kappa shape index (κ3) is 6.29. The number of hydrogen-bond donors (Lipinski definition) is 0. The van der Waals surface area contributed by atoms with Crippen LogP contribution < -0.4 is 4.74 Å². The zero-order valence-electron chi connectivity index (χ0n) is 16.8. The number of aromatic nitrogens is 2. The zero-order valence-corrected chi connectivity index (χ0v) is 19.0. The van der Waals surface area contributed by atoms with Gasteiger partial charge < -0.3 is 18.9 Å². The molecule has 1 aromatic heterocycles. The van der Waals surface area contributed by atoms with Crippen LogP contribution in [0.4, 0.5) is 0 Å². The molecule has 8 nitrogen and oxygen atoms in total. The number of benzene rings is 2. The Balaban J connectivity index is 1.94. The molecule has 0 bridgehead atoms. The Bertz CT molecular complexity index is 1090. The van der Waals surface area contributed by atoms with Gasteiger partial charge >= 0.3 is 0 Å². The van der Waals surface area contributed by atoms with Gasteiger partial charge in [-0.05, 0) is 49.4 Å². The maximum atomic E-state index is 11.0. The summed E-state index contributed by atoms with van der Waals surface area (Å²) in [5, 5.41) is 11.5. The van der Waals surface area contributed by atoms with Crippen LogP contribution in [0.15, 0.2) is 61.2 Å². The van der Waals surface area contributed by atoms with Gasteiger partial charge in [0, 0.05) is 28.0 Å². The molecule has 0 aliphatic rings. The van der Waals surface area contributed by atoms with Gasteiger partial charge in [0.15, 0.2) is 0 Å². The fourth-order valence-electron chi connectivity index (χ4n) is 2.89. The van der Waals surface area contributed by atoms with Gasteiger partial charge in [0.05, 0.1) is 17.0 Å². The lowest BCUT2D eigenvalue weighted by molar-refractivity contribution is -0.763. The lowest BCUT2D eigenvalue weighted by Gasteiger charge is -2.22. The molecule has 0 fully saturated rings. The molecule has 0 amide bonds. The SMILES string of the molecule is CC(O[N+](=O)[O-])/C(=C(/OCCOc1ccc(Cl)cc1)c1ccc(Cl)cc1Cl)n1ccnc1. The molecular formula is C21H18Cl3N3O5. The van der Waals surface area contributed by atoms with E-state index in [1.807, 2.05) is 0 Å². The van der Waals surface area contributed by atoms with Crippen molar-refractivity contribution in [1.29, 1.82) is 0 Å². The molecule has 0 aliphatic heterocycles. The van der Waals surface area contributed by atoms with E-state index < -0.39 is 11.2 Å². The minimum absolute atomic E-state index is 0.111. The molecular weight excluding hydrogens is 481 g/mol. The van der Waals surface area contributed by atoms with Crippen molar-refractivity contribution in [3.05, 3.63) is 91.9 Å². The zero-order chi connectivity index (χ0) is 23.1. The second-order valence-corrected chi connectivity index (χ2v) is 7.71.